The molecule has 7 nitrogen and oxygen atoms in total. The number of rotatable bonds is 6. The fraction of sp³-hybridized carbons (Fsp3) is 0.136. The Morgan fingerprint density at radius 2 is 1.84 bits per heavy atom. The number of halogens is 2. The highest BCUT2D eigenvalue weighted by Gasteiger charge is 2.17. The van der Waals surface area contributed by atoms with Gasteiger partial charge < -0.3 is 20.9 Å². The zero-order chi connectivity index (χ0) is 22.2. The van der Waals surface area contributed by atoms with Gasteiger partial charge in [0, 0.05) is 18.0 Å². The van der Waals surface area contributed by atoms with E-state index >= 15 is 0 Å². The quantitative estimate of drug-likeness (QED) is 0.525. The second-order valence-electron chi connectivity index (χ2n) is 6.29. The topological polar surface area (TPSA) is 110 Å². The predicted octanol–water partition coefficient (Wildman–Crippen LogP) is 2.52. The van der Waals surface area contributed by atoms with Gasteiger partial charge >= 0.3 is 6.61 Å². The van der Waals surface area contributed by atoms with Crippen molar-refractivity contribution in [2.75, 3.05) is 12.3 Å². The Labute approximate surface area is 176 Å². The highest BCUT2D eigenvalue weighted by Crippen LogP contribution is 2.22. The number of aromatic nitrogens is 2. The molecule has 1 atom stereocenters. The summed E-state index contributed by atoms with van der Waals surface area (Å²) in [5, 5.41) is 12.3. The molecule has 0 saturated carbocycles. The Balaban J connectivity index is 1.88. The van der Waals surface area contributed by atoms with Crippen LogP contribution in [0.2, 0.25) is 0 Å². The van der Waals surface area contributed by atoms with Gasteiger partial charge in [0.15, 0.2) is 0 Å². The third-order valence-corrected chi connectivity index (χ3v) is 4.16. The Hall–Kier alpha value is -4.03. The van der Waals surface area contributed by atoms with Crippen LogP contribution in [0.5, 0.6) is 5.75 Å². The second kappa shape index (κ2) is 10.1. The molecule has 0 spiro atoms. The Morgan fingerprint density at radius 3 is 2.48 bits per heavy atom. The molecule has 31 heavy (non-hydrogen) atoms. The molecule has 0 saturated heterocycles. The molecule has 0 aliphatic rings. The van der Waals surface area contributed by atoms with Gasteiger partial charge in [0.1, 0.15) is 5.75 Å². The van der Waals surface area contributed by atoms with E-state index in [4.69, 9.17) is 5.73 Å². The Kier molecular flexibility index (Phi) is 7.09. The predicted molar refractivity (Wildman–Crippen MR) is 109 cm³/mol. The number of carbonyl (C=O) groups excluding carboxylic acids is 1. The van der Waals surface area contributed by atoms with Crippen LogP contribution >= 0.6 is 0 Å². The maximum atomic E-state index is 12.8. The first-order chi connectivity index (χ1) is 15.0. The number of benzene rings is 2. The number of nitrogens with two attached hydrogens (primary N) is 1. The van der Waals surface area contributed by atoms with E-state index < -0.39 is 18.6 Å². The molecule has 0 aliphatic carbocycles. The molecule has 0 aliphatic heterocycles. The average Bonchev–Trinajstić information content (AvgIpc) is 2.78. The number of anilines is 1. The molecule has 9 heteroatoms. The number of ether oxygens (including phenoxy) is 1. The number of hydrogen-bond acceptors (Lipinski definition) is 6. The van der Waals surface area contributed by atoms with E-state index in [1.54, 1.807) is 24.3 Å². The van der Waals surface area contributed by atoms with Crippen molar-refractivity contribution >= 4 is 11.9 Å². The SMILES string of the molecule is Nc1ncc(C#Cc2cc(C(=O)N[C@H](CO)c3ccccc3)ccc2OC(F)F)cn1. The van der Waals surface area contributed by atoms with E-state index in [0.29, 0.717) is 5.56 Å². The maximum Gasteiger partial charge on any atom is 0.387 e. The first-order valence-electron chi connectivity index (χ1n) is 9.11. The van der Waals surface area contributed by atoms with Crippen molar-refractivity contribution in [3.8, 4) is 17.6 Å². The van der Waals surface area contributed by atoms with Crippen LogP contribution in [0.3, 0.4) is 0 Å². The molecule has 0 unspecified atom stereocenters. The van der Waals surface area contributed by atoms with Gasteiger partial charge in [-0.05, 0) is 23.8 Å². The summed E-state index contributed by atoms with van der Waals surface area (Å²) >= 11 is 0. The van der Waals surface area contributed by atoms with E-state index in [0.717, 1.165) is 5.56 Å². The van der Waals surface area contributed by atoms with Crippen LogP contribution in [0, 0.1) is 11.8 Å². The van der Waals surface area contributed by atoms with E-state index in [2.05, 4.69) is 31.9 Å². The molecule has 0 radical (unpaired) electrons. The van der Waals surface area contributed by atoms with E-state index in [9.17, 15) is 18.7 Å². The highest BCUT2D eigenvalue weighted by molar-refractivity contribution is 5.95. The lowest BCUT2D eigenvalue weighted by molar-refractivity contribution is -0.0500. The van der Waals surface area contributed by atoms with Crippen molar-refractivity contribution in [1.29, 1.82) is 0 Å². The van der Waals surface area contributed by atoms with Gasteiger partial charge in [-0.3, -0.25) is 4.79 Å². The van der Waals surface area contributed by atoms with Gasteiger partial charge in [-0.25, -0.2) is 9.97 Å². The zero-order valence-corrected chi connectivity index (χ0v) is 16.1. The number of aliphatic hydroxyl groups is 1. The summed E-state index contributed by atoms with van der Waals surface area (Å²) in [6.07, 6.45) is 2.76. The van der Waals surface area contributed by atoms with Crippen LogP contribution in [-0.2, 0) is 0 Å². The summed E-state index contributed by atoms with van der Waals surface area (Å²) in [5.74, 6) is 4.79. The monoisotopic (exact) mass is 424 g/mol. The zero-order valence-electron chi connectivity index (χ0n) is 16.1. The minimum absolute atomic E-state index is 0.0720. The van der Waals surface area contributed by atoms with Crippen molar-refractivity contribution < 1.29 is 23.4 Å². The number of aliphatic hydroxyl groups excluding tert-OH is 1. The second-order valence-corrected chi connectivity index (χ2v) is 6.29. The van der Waals surface area contributed by atoms with Crippen LogP contribution in [0.25, 0.3) is 0 Å². The minimum Gasteiger partial charge on any atom is -0.434 e. The summed E-state index contributed by atoms with van der Waals surface area (Å²) in [5.41, 5.74) is 6.78. The number of nitrogens with one attached hydrogen (secondary N) is 1. The Bertz CT molecular complexity index is 1100. The molecule has 4 N–H and O–H groups in total. The highest BCUT2D eigenvalue weighted by atomic mass is 19.3. The van der Waals surface area contributed by atoms with Gasteiger partial charge in [0.2, 0.25) is 5.95 Å². The first-order valence-corrected chi connectivity index (χ1v) is 9.11. The van der Waals surface area contributed by atoms with Crippen molar-refractivity contribution in [1.82, 2.24) is 15.3 Å². The molecule has 3 aromatic rings. The van der Waals surface area contributed by atoms with E-state index in [-0.39, 0.29) is 29.4 Å². The van der Waals surface area contributed by atoms with Crippen LogP contribution in [0.1, 0.15) is 33.1 Å². The molecular formula is C22H18F2N4O3. The van der Waals surface area contributed by atoms with Crippen molar-refractivity contribution in [3.63, 3.8) is 0 Å². The minimum atomic E-state index is -3.06. The molecule has 0 fully saturated rings. The normalized spacial score (nSPS) is 11.4. The fourth-order valence-corrected chi connectivity index (χ4v) is 2.67. The molecule has 1 heterocycles. The van der Waals surface area contributed by atoms with Gasteiger partial charge in [-0.1, -0.05) is 42.2 Å². The third-order valence-electron chi connectivity index (χ3n) is 4.16. The number of amides is 1. The van der Waals surface area contributed by atoms with Gasteiger partial charge in [-0.2, -0.15) is 8.78 Å². The number of alkyl halides is 2. The van der Waals surface area contributed by atoms with Crippen LogP contribution in [-0.4, -0.2) is 34.2 Å². The number of carbonyl (C=O) groups is 1. The van der Waals surface area contributed by atoms with Gasteiger partial charge in [0.25, 0.3) is 5.91 Å². The molecule has 1 amide bonds. The summed E-state index contributed by atoms with van der Waals surface area (Å²) in [6, 6.07) is 12.2. The molecular weight excluding hydrogens is 406 g/mol. The van der Waals surface area contributed by atoms with Crippen LogP contribution in [0.4, 0.5) is 14.7 Å². The summed E-state index contributed by atoms with van der Waals surface area (Å²) in [6.45, 7) is -3.37. The fourth-order valence-electron chi connectivity index (χ4n) is 2.67. The molecule has 3 rings (SSSR count). The summed E-state index contributed by atoms with van der Waals surface area (Å²) in [7, 11) is 0. The number of nitrogens with zero attached hydrogens (tertiary/aromatic N) is 2. The van der Waals surface area contributed by atoms with E-state index in [1.807, 2.05) is 6.07 Å². The van der Waals surface area contributed by atoms with Crippen LogP contribution < -0.4 is 15.8 Å². The third kappa shape index (κ3) is 5.98. The smallest absolute Gasteiger partial charge is 0.387 e. The van der Waals surface area contributed by atoms with Gasteiger partial charge in [0.05, 0.1) is 23.8 Å². The average molecular weight is 424 g/mol. The number of hydrogen-bond donors (Lipinski definition) is 3. The van der Waals surface area contributed by atoms with Crippen molar-refractivity contribution in [2.45, 2.75) is 12.7 Å². The maximum absolute atomic E-state index is 12.8. The summed E-state index contributed by atoms with van der Waals surface area (Å²) < 4.78 is 30.0. The molecule has 158 valence electrons. The molecule has 0 bridgehead atoms. The largest absolute Gasteiger partial charge is 0.434 e. The molecule has 2 aromatic carbocycles. The molecule has 1 aromatic heterocycles. The lowest BCUT2D eigenvalue weighted by Gasteiger charge is -2.17. The Morgan fingerprint density at radius 1 is 1.13 bits per heavy atom. The summed E-state index contributed by atoms with van der Waals surface area (Å²) in [4.78, 5) is 20.3. The van der Waals surface area contributed by atoms with Crippen LogP contribution in [0.15, 0.2) is 60.9 Å². The number of nitrogen functional groups attached to an aromatic ring is 1. The van der Waals surface area contributed by atoms with E-state index in [1.165, 1.54) is 30.6 Å². The van der Waals surface area contributed by atoms with Gasteiger partial charge in [-0.15, -0.1) is 0 Å². The van der Waals surface area contributed by atoms with Crippen molar-refractivity contribution in [2.24, 2.45) is 0 Å². The van der Waals surface area contributed by atoms with Crippen molar-refractivity contribution in [3.05, 3.63) is 83.2 Å². The standard InChI is InChI=1S/C22H18F2N4O3/c23-21(24)31-19-9-8-17(10-16(19)7-6-14-11-26-22(25)27-12-14)20(30)28-18(13-29)15-4-2-1-3-5-15/h1-5,8-12,18,21,29H,13H2,(H,28,30)(H2,25,26,27)/t18-/m1/s1. The lowest BCUT2D eigenvalue weighted by Crippen LogP contribution is -2.30. The first kappa shape index (κ1) is 21.7. The lowest BCUT2D eigenvalue weighted by atomic mass is 10.1.